The average Bonchev–Trinajstić information content (AvgIpc) is 2.69. The molecule has 0 heterocycles. The molecular formula is C22H28N2O4S. The van der Waals surface area contributed by atoms with Crippen molar-refractivity contribution in [3.8, 4) is 5.75 Å². The number of rotatable bonds is 10. The molecule has 0 aliphatic carbocycles. The van der Waals surface area contributed by atoms with Gasteiger partial charge in [-0.15, -0.1) is 0 Å². The van der Waals surface area contributed by atoms with Crippen LogP contribution in [0.4, 0.5) is 0 Å². The average molecular weight is 417 g/mol. The fraction of sp³-hybridized carbons (Fsp3) is 0.318. The first-order valence-corrected chi connectivity index (χ1v) is 10.8. The zero-order valence-corrected chi connectivity index (χ0v) is 18.0. The fourth-order valence-electron chi connectivity index (χ4n) is 2.66. The molecule has 1 amide bonds. The lowest BCUT2D eigenvalue weighted by Crippen LogP contribution is -2.32. The first-order chi connectivity index (χ1) is 13.7. The van der Waals surface area contributed by atoms with Gasteiger partial charge in [-0.25, -0.2) is 13.1 Å². The Labute approximate surface area is 173 Å². The molecule has 7 heteroatoms. The summed E-state index contributed by atoms with van der Waals surface area (Å²) < 4.78 is 32.7. The van der Waals surface area contributed by atoms with E-state index in [-0.39, 0.29) is 23.8 Å². The molecule has 0 spiro atoms. The molecule has 29 heavy (non-hydrogen) atoms. The van der Waals surface area contributed by atoms with Crippen LogP contribution in [0.15, 0.2) is 60.0 Å². The highest BCUT2D eigenvalue weighted by atomic mass is 32.2. The predicted octanol–water partition coefficient (Wildman–Crippen LogP) is 3.20. The lowest BCUT2D eigenvalue weighted by molar-refractivity contribution is -0.130. The van der Waals surface area contributed by atoms with Crippen LogP contribution in [0.3, 0.4) is 0 Å². The number of nitrogens with zero attached hydrogens (tertiary/aromatic N) is 1. The number of nitrogens with one attached hydrogen (secondary N) is 1. The van der Waals surface area contributed by atoms with Crippen LogP contribution in [0.5, 0.6) is 5.75 Å². The minimum Gasteiger partial charge on any atom is -0.490 e. The van der Waals surface area contributed by atoms with Gasteiger partial charge in [0.1, 0.15) is 12.4 Å². The molecular weight excluding hydrogens is 388 g/mol. The van der Waals surface area contributed by atoms with Gasteiger partial charge in [0.2, 0.25) is 15.9 Å². The lowest BCUT2D eigenvalue weighted by Gasteiger charge is -2.18. The zero-order chi connectivity index (χ0) is 21.4. The van der Waals surface area contributed by atoms with Crippen molar-refractivity contribution in [2.75, 3.05) is 20.2 Å². The smallest absolute Gasteiger partial charge is 0.240 e. The molecule has 2 rings (SSSR count). The van der Waals surface area contributed by atoms with Gasteiger partial charge in [-0.2, -0.15) is 0 Å². The van der Waals surface area contributed by atoms with E-state index in [0.717, 1.165) is 22.4 Å². The number of hydrogen-bond donors (Lipinski definition) is 1. The monoisotopic (exact) mass is 416 g/mol. The van der Waals surface area contributed by atoms with E-state index in [4.69, 9.17) is 4.74 Å². The third kappa shape index (κ3) is 6.73. The molecule has 156 valence electrons. The Morgan fingerprint density at radius 3 is 2.45 bits per heavy atom. The molecule has 1 N–H and O–H groups in total. The number of sulfonamides is 1. The molecule has 2 aromatic carbocycles. The van der Waals surface area contributed by atoms with Gasteiger partial charge in [-0.1, -0.05) is 30.9 Å². The minimum absolute atomic E-state index is 0.0484. The number of aryl methyl sites for hydroxylation is 2. The van der Waals surface area contributed by atoms with Crippen molar-refractivity contribution in [3.63, 3.8) is 0 Å². The molecule has 0 unspecified atom stereocenters. The van der Waals surface area contributed by atoms with Crippen molar-refractivity contribution in [3.05, 3.63) is 71.8 Å². The summed E-state index contributed by atoms with van der Waals surface area (Å²) in [6.45, 7) is 8.32. The Hall–Kier alpha value is -2.64. The predicted molar refractivity (Wildman–Crippen MR) is 114 cm³/mol. The number of hydrogen-bond acceptors (Lipinski definition) is 4. The van der Waals surface area contributed by atoms with Crippen molar-refractivity contribution in [2.24, 2.45) is 0 Å². The Kier molecular flexibility index (Phi) is 7.99. The van der Waals surface area contributed by atoms with E-state index in [1.54, 1.807) is 36.2 Å². The SMILES string of the molecule is C=CCOc1ccc(CN(C)C(=O)CCNS(=O)(=O)c2ccc(C)c(C)c2)cc1. The second-order valence-corrected chi connectivity index (χ2v) is 8.65. The number of carbonyl (C=O) groups excluding carboxylic acids is 1. The van der Waals surface area contributed by atoms with Crippen LogP contribution in [-0.4, -0.2) is 39.4 Å². The Bertz CT molecular complexity index is 953. The van der Waals surface area contributed by atoms with Crippen molar-refractivity contribution in [2.45, 2.75) is 31.7 Å². The Balaban J connectivity index is 1.84. The third-order valence-electron chi connectivity index (χ3n) is 4.56. The second kappa shape index (κ2) is 10.2. The van der Waals surface area contributed by atoms with E-state index in [1.807, 2.05) is 38.1 Å². The molecule has 0 atom stereocenters. The second-order valence-electron chi connectivity index (χ2n) is 6.89. The lowest BCUT2D eigenvalue weighted by atomic mass is 10.1. The van der Waals surface area contributed by atoms with Gasteiger partial charge in [-0.05, 0) is 54.8 Å². The van der Waals surface area contributed by atoms with E-state index < -0.39 is 10.0 Å². The van der Waals surface area contributed by atoms with Crippen molar-refractivity contribution in [1.82, 2.24) is 9.62 Å². The molecule has 0 radical (unpaired) electrons. The standard InChI is InChI=1S/C22H28N2O4S/c1-5-14-28-20-9-7-19(8-10-20)16-24(4)22(25)12-13-23-29(26,27)21-11-6-17(2)18(3)15-21/h5-11,15,23H,1,12-14,16H2,2-4H3. The summed E-state index contributed by atoms with van der Waals surface area (Å²) in [6, 6.07) is 12.4. The maximum absolute atomic E-state index is 12.4. The molecule has 2 aromatic rings. The van der Waals surface area contributed by atoms with Gasteiger partial charge in [0, 0.05) is 26.6 Å². The van der Waals surface area contributed by atoms with Crippen LogP contribution >= 0.6 is 0 Å². The van der Waals surface area contributed by atoms with E-state index in [2.05, 4.69) is 11.3 Å². The summed E-state index contributed by atoms with van der Waals surface area (Å²) in [6.07, 6.45) is 1.76. The van der Waals surface area contributed by atoms with Gasteiger partial charge in [0.25, 0.3) is 0 Å². The topological polar surface area (TPSA) is 75.7 Å². The normalized spacial score (nSPS) is 11.1. The van der Waals surface area contributed by atoms with Crippen LogP contribution in [0.1, 0.15) is 23.1 Å². The maximum atomic E-state index is 12.4. The summed E-state index contributed by atoms with van der Waals surface area (Å²) in [4.78, 5) is 14.1. The highest BCUT2D eigenvalue weighted by Gasteiger charge is 2.16. The van der Waals surface area contributed by atoms with Gasteiger partial charge in [0.15, 0.2) is 0 Å². The van der Waals surface area contributed by atoms with Gasteiger partial charge >= 0.3 is 0 Å². The van der Waals surface area contributed by atoms with Crippen molar-refractivity contribution < 1.29 is 17.9 Å². The van der Waals surface area contributed by atoms with Gasteiger partial charge < -0.3 is 9.64 Å². The number of benzene rings is 2. The summed E-state index contributed by atoms with van der Waals surface area (Å²) in [5.41, 5.74) is 2.90. The van der Waals surface area contributed by atoms with Gasteiger partial charge in [-0.3, -0.25) is 4.79 Å². The molecule has 0 saturated carbocycles. The Morgan fingerprint density at radius 1 is 1.14 bits per heavy atom. The van der Waals surface area contributed by atoms with E-state index >= 15 is 0 Å². The van der Waals surface area contributed by atoms with Crippen LogP contribution in [-0.2, 0) is 21.4 Å². The molecule has 0 fully saturated rings. The number of ether oxygens (including phenoxy) is 1. The number of amides is 1. The van der Waals surface area contributed by atoms with Crippen LogP contribution in [0, 0.1) is 13.8 Å². The summed E-state index contributed by atoms with van der Waals surface area (Å²) in [7, 11) is -1.94. The first-order valence-electron chi connectivity index (χ1n) is 9.36. The molecule has 0 aliphatic rings. The van der Waals surface area contributed by atoms with E-state index in [0.29, 0.717) is 13.2 Å². The highest BCUT2D eigenvalue weighted by molar-refractivity contribution is 7.89. The Morgan fingerprint density at radius 2 is 1.83 bits per heavy atom. The van der Waals surface area contributed by atoms with Crippen molar-refractivity contribution >= 4 is 15.9 Å². The molecule has 0 aromatic heterocycles. The van der Waals surface area contributed by atoms with E-state index in [1.165, 1.54) is 0 Å². The van der Waals surface area contributed by atoms with Crippen LogP contribution in [0.2, 0.25) is 0 Å². The third-order valence-corrected chi connectivity index (χ3v) is 6.02. The van der Waals surface area contributed by atoms with Gasteiger partial charge in [0.05, 0.1) is 4.90 Å². The van der Waals surface area contributed by atoms with Crippen LogP contribution in [0.25, 0.3) is 0 Å². The largest absolute Gasteiger partial charge is 0.490 e. The molecule has 0 saturated heterocycles. The first kappa shape index (κ1) is 22.6. The molecule has 0 bridgehead atoms. The minimum atomic E-state index is -3.63. The molecule has 0 aliphatic heterocycles. The highest BCUT2D eigenvalue weighted by Crippen LogP contribution is 2.15. The number of carbonyl (C=O) groups is 1. The van der Waals surface area contributed by atoms with E-state index in [9.17, 15) is 13.2 Å². The maximum Gasteiger partial charge on any atom is 0.240 e. The van der Waals surface area contributed by atoms with Crippen LogP contribution < -0.4 is 9.46 Å². The zero-order valence-electron chi connectivity index (χ0n) is 17.1. The quantitative estimate of drug-likeness (QED) is 0.604. The summed E-state index contributed by atoms with van der Waals surface area (Å²) in [5.74, 6) is 0.600. The summed E-state index contributed by atoms with van der Waals surface area (Å²) >= 11 is 0. The fourth-order valence-corrected chi connectivity index (χ4v) is 3.77. The summed E-state index contributed by atoms with van der Waals surface area (Å²) in [5, 5.41) is 0. The molecule has 6 nitrogen and oxygen atoms in total. The van der Waals surface area contributed by atoms with Crippen molar-refractivity contribution in [1.29, 1.82) is 0 Å².